The Morgan fingerprint density at radius 1 is 1.38 bits per heavy atom. The van der Waals surface area contributed by atoms with Gasteiger partial charge in [-0.2, -0.15) is 0 Å². The lowest BCUT2D eigenvalue weighted by Crippen LogP contribution is -2.15. The fourth-order valence-electron chi connectivity index (χ4n) is 1.87. The van der Waals surface area contributed by atoms with Gasteiger partial charge < -0.3 is 4.90 Å². The Hall–Kier alpha value is -0.800. The minimum absolute atomic E-state index is 0.143. The Labute approximate surface area is 100 Å². The zero-order valence-electron chi connectivity index (χ0n) is 9.66. The first-order valence-electron chi connectivity index (χ1n) is 5.41. The van der Waals surface area contributed by atoms with Crippen LogP contribution in [-0.4, -0.2) is 31.3 Å². The third-order valence-electron chi connectivity index (χ3n) is 2.54. The van der Waals surface area contributed by atoms with Gasteiger partial charge in [0.25, 0.3) is 0 Å². The van der Waals surface area contributed by atoms with Crippen LogP contribution in [0.2, 0.25) is 0 Å². The van der Waals surface area contributed by atoms with E-state index in [-0.39, 0.29) is 5.82 Å². The lowest BCUT2D eigenvalue weighted by atomic mass is 10.1. The molecule has 1 aliphatic heterocycles. The molecule has 0 aromatic heterocycles. The summed E-state index contributed by atoms with van der Waals surface area (Å²) in [6, 6.07) is 5.04. The number of halogens is 1. The molecule has 1 aliphatic rings. The topological polar surface area (TPSA) is 3.24 Å². The van der Waals surface area contributed by atoms with Gasteiger partial charge >= 0.3 is 0 Å². The van der Waals surface area contributed by atoms with Crippen LogP contribution in [0.25, 0.3) is 6.08 Å². The van der Waals surface area contributed by atoms with Crippen molar-refractivity contribution in [3.8, 4) is 0 Å². The SMILES string of the molecule is CN(C)CC1=Cc2ccc(F)cc2SCC1. The van der Waals surface area contributed by atoms with Crippen LogP contribution in [-0.2, 0) is 0 Å². The van der Waals surface area contributed by atoms with E-state index in [9.17, 15) is 4.39 Å². The van der Waals surface area contributed by atoms with Gasteiger partial charge in [-0.1, -0.05) is 17.7 Å². The fourth-order valence-corrected chi connectivity index (χ4v) is 2.94. The van der Waals surface area contributed by atoms with Crippen LogP contribution in [0.4, 0.5) is 4.39 Å². The smallest absolute Gasteiger partial charge is 0.124 e. The van der Waals surface area contributed by atoms with Crippen molar-refractivity contribution in [3.63, 3.8) is 0 Å². The highest BCUT2D eigenvalue weighted by molar-refractivity contribution is 7.99. The first-order valence-corrected chi connectivity index (χ1v) is 6.40. The molecule has 1 aromatic carbocycles. The molecule has 0 bridgehead atoms. The van der Waals surface area contributed by atoms with Gasteiger partial charge in [-0.05, 0) is 38.2 Å². The Balaban J connectivity index is 2.29. The zero-order chi connectivity index (χ0) is 11.5. The lowest BCUT2D eigenvalue weighted by Gasteiger charge is -2.11. The Morgan fingerprint density at radius 2 is 2.19 bits per heavy atom. The molecule has 2 rings (SSSR count). The molecule has 86 valence electrons. The average molecular weight is 237 g/mol. The van der Waals surface area contributed by atoms with Gasteiger partial charge in [0.05, 0.1) is 0 Å². The summed E-state index contributed by atoms with van der Waals surface area (Å²) in [6.45, 7) is 0.984. The number of thioether (sulfide) groups is 1. The maximum absolute atomic E-state index is 13.1. The summed E-state index contributed by atoms with van der Waals surface area (Å²) >= 11 is 1.74. The summed E-state index contributed by atoms with van der Waals surface area (Å²) in [5.41, 5.74) is 2.57. The van der Waals surface area contributed by atoms with E-state index in [1.165, 1.54) is 11.6 Å². The molecule has 0 unspecified atom stereocenters. The first kappa shape index (κ1) is 11.7. The summed E-state index contributed by atoms with van der Waals surface area (Å²) in [6.07, 6.45) is 3.29. The van der Waals surface area contributed by atoms with Crippen molar-refractivity contribution in [1.82, 2.24) is 4.90 Å². The second kappa shape index (κ2) is 5.02. The molecule has 3 heteroatoms. The van der Waals surface area contributed by atoms with Crippen molar-refractivity contribution in [2.75, 3.05) is 26.4 Å². The van der Waals surface area contributed by atoms with Crippen LogP contribution in [0.5, 0.6) is 0 Å². The minimum Gasteiger partial charge on any atom is -0.305 e. The van der Waals surface area contributed by atoms with Gasteiger partial charge in [0.1, 0.15) is 5.82 Å². The number of nitrogens with zero attached hydrogens (tertiary/aromatic N) is 1. The van der Waals surface area contributed by atoms with Gasteiger partial charge in [0, 0.05) is 17.2 Å². The highest BCUT2D eigenvalue weighted by Crippen LogP contribution is 2.31. The van der Waals surface area contributed by atoms with E-state index in [4.69, 9.17) is 0 Å². The van der Waals surface area contributed by atoms with Crippen LogP contribution in [0.3, 0.4) is 0 Å². The van der Waals surface area contributed by atoms with Gasteiger partial charge in [-0.25, -0.2) is 4.39 Å². The van der Waals surface area contributed by atoms with Crippen molar-refractivity contribution in [2.24, 2.45) is 0 Å². The number of likely N-dealkylation sites (N-methyl/N-ethyl adjacent to an activating group) is 1. The summed E-state index contributed by atoms with van der Waals surface area (Å²) < 4.78 is 13.1. The molecule has 0 fully saturated rings. The second-order valence-electron chi connectivity index (χ2n) is 4.32. The summed E-state index contributed by atoms with van der Waals surface area (Å²) in [4.78, 5) is 3.24. The average Bonchev–Trinajstić information content (AvgIpc) is 2.38. The predicted molar refractivity (Wildman–Crippen MR) is 68.3 cm³/mol. The van der Waals surface area contributed by atoms with Crippen molar-refractivity contribution in [1.29, 1.82) is 0 Å². The van der Waals surface area contributed by atoms with E-state index in [1.54, 1.807) is 17.8 Å². The third-order valence-corrected chi connectivity index (χ3v) is 3.61. The van der Waals surface area contributed by atoms with Crippen LogP contribution < -0.4 is 0 Å². The van der Waals surface area contributed by atoms with Crippen LogP contribution >= 0.6 is 11.8 Å². The minimum atomic E-state index is -0.143. The molecule has 0 atom stereocenters. The van der Waals surface area contributed by atoms with Crippen molar-refractivity contribution >= 4 is 17.8 Å². The number of benzene rings is 1. The van der Waals surface area contributed by atoms with Crippen molar-refractivity contribution in [3.05, 3.63) is 35.2 Å². The molecule has 0 saturated heterocycles. The van der Waals surface area contributed by atoms with Gasteiger partial charge in [-0.15, -0.1) is 11.8 Å². The highest BCUT2D eigenvalue weighted by atomic mass is 32.2. The Bertz CT molecular complexity index is 412. The van der Waals surface area contributed by atoms with Gasteiger partial charge in [0.2, 0.25) is 0 Å². The van der Waals surface area contributed by atoms with E-state index in [1.807, 2.05) is 6.07 Å². The molecule has 1 heterocycles. The fraction of sp³-hybridized carbons (Fsp3) is 0.385. The zero-order valence-corrected chi connectivity index (χ0v) is 10.5. The van der Waals surface area contributed by atoms with E-state index in [0.29, 0.717) is 0 Å². The maximum atomic E-state index is 13.1. The van der Waals surface area contributed by atoms with E-state index in [2.05, 4.69) is 25.1 Å². The van der Waals surface area contributed by atoms with Crippen molar-refractivity contribution < 1.29 is 4.39 Å². The maximum Gasteiger partial charge on any atom is 0.124 e. The molecule has 0 radical (unpaired) electrons. The molecule has 0 saturated carbocycles. The monoisotopic (exact) mass is 237 g/mol. The third kappa shape index (κ3) is 2.86. The second-order valence-corrected chi connectivity index (χ2v) is 5.46. The van der Waals surface area contributed by atoms with Crippen LogP contribution in [0.1, 0.15) is 12.0 Å². The van der Waals surface area contributed by atoms with E-state index in [0.717, 1.165) is 29.2 Å². The number of rotatable bonds is 2. The largest absolute Gasteiger partial charge is 0.305 e. The van der Waals surface area contributed by atoms with Crippen LogP contribution in [0, 0.1) is 5.82 Å². The Morgan fingerprint density at radius 3 is 2.94 bits per heavy atom. The predicted octanol–water partition coefficient (Wildman–Crippen LogP) is 3.27. The normalized spacial score (nSPS) is 15.6. The molecule has 0 spiro atoms. The Kier molecular flexibility index (Phi) is 3.66. The van der Waals surface area contributed by atoms with Gasteiger partial charge in [-0.3, -0.25) is 0 Å². The molecule has 0 amide bonds. The standard InChI is InChI=1S/C13H16FNS/c1-15(2)9-10-5-6-16-13-8-12(14)4-3-11(13)7-10/h3-4,7-8H,5-6,9H2,1-2H3. The molecular weight excluding hydrogens is 221 g/mol. The molecule has 1 nitrogen and oxygen atoms in total. The van der Waals surface area contributed by atoms with E-state index >= 15 is 0 Å². The first-order chi connectivity index (χ1) is 7.65. The molecule has 0 N–H and O–H groups in total. The van der Waals surface area contributed by atoms with Gasteiger partial charge in [0.15, 0.2) is 0 Å². The summed E-state index contributed by atoms with van der Waals surface area (Å²) in [5.74, 6) is 0.895. The highest BCUT2D eigenvalue weighted by Gasteiger charge is 2.10. The number of hydrogen-bond acceptors (Lipinski definition) is 2. The van der Waals surface area contributed by atoms with Crippen LogP contribution in [0.15, 0.2) is 28.7 Å². The number of hydrogen-bond donors (Lipinski definition) is 0. The summed E-state index contributed by atoms with van der Waals surface area (Å²) in [7, 11) is 4.15. The quantitative estimate of drug-likeness (QED) is 0.776. The summed E-state index contributed by atoms with van der Waals surface area (Å²) in [5, 5.41) is 0. The number of fused-ring (bicyclic) bond motifs is 1. The van der Waals surface area contributed by atoms with Crippen molar-refractivity contribution in [2.45, 2.75) is 11.3 Å². The molecule has 1 aromatic rings. The lowest BCUT2D eigenvalue weighted by molar-refractivity contribution is 0.442. The molecule has 16 heavy (non-hydrogen) atoms. The van der Waals surface area contributed by atoms with E-state index < -0.39 is 0 Å². The molecular formula is C13H16FNS. The molecule has 0 aliphatic carbocycles.